The molecule has 2 N–H and O–H groups in total. The summed E-state index contributed by atoms with van der Waals surface area (Å²) < 4.78 is 7.56. The number of hydrogen-bond donors (Lipinski definition) is 2. The fraction of sp³-hybridized carbons (Fsp3) is 0.545. The summed E-state index contributed by atoms with van der Waals surface area (Å²) in [6.45, 7) is 2.14. The van der Waals surface area contributed by atoms with Gasteiger partial charge in [-0.2, -0.15) is 10.1 Å². The smallest absolute Gasteiger partial charge is 0.237 e. The number of pyridine rings is 1. The number of nitrogens with one attached hydrogen (secondary N) is 1. The van der Waals surface area contributed by atoms with Crippen molar-refractivity contribution in [3.05, 3.63) is 29.7 Å². The quantitative estimate of drug-likeness (QED) is 0.646. The van der Waals surface area contributed by atoms with Crippen LogP contribution in [-0.2, 0) is 13.0 Å². The fourth-order valence-electron chi connectivity index (χ4n) is 4.69. The molecule has 0 bridgehead atoms. The van der Waals surface area contributed by atoms with Crippen molar-refractivity contribution in [2.75, 3.05) is 32.6 Å². The molecule has 0 amide bonds. The molecular weight excluding hydrogens is 394 g/mol. The highest BCUT2D eigenvalue weighted by Crippen LogP contribution is 2.34. The molecule has 0 spiro atoms. The summed E-state index contributed by atoms with van der Waals surface area (Å²) in [4.78, 5) is 16.3. The largest absolute Gasteiger partial charge is 0.480 e. The van der Waals surface area contributed by atoms with Gasteiger partial charge in [0, 0.05) is 32.3 Å². The highest BCUT2D eigenvalue weighted by Gasteiger charge is 2.24. The minimum absolute atomic E-state index is 0.273. The lowest BCUT2D eigenvalue weighted by Crippen LogP contribution is -2.27. The van der Waals surface area contributed by atoms with Gasteiger partial charge >= 0.3 is 0 Å². The van der Waals surface area contributed by atoms with E-state index in [1.165, 1.54) is 5.56 Å². The van der Waals surface area contributed by atoms with Crippen LogP contribution in [-0.4, -0.2) is 62.0 Å². The summed E-state index contributed by atoms with van der Waals surface area (Å²) in [5, 5.41) is 18.3. The molecule has 1 saturated carbocycles. The molecule has 0 radical (unpaired) electrons. The Morgan fingerprint density at radius 3 is 2.81 bits per heavy atom. The Bertz CT molecular complexity index is 1080. The highest BCUT2D eigenvalue weighted by molar-refractivity contribution is 5.75. The number of methoxy groups -OCH3 is 1. The molecule has 5 rings (SSSR count). The molecule has 9 nitrogen and oxygen atoms in total. The first kappa shape index (κ1) is 20.1. The second-order valence-corrected chi connectivity index (χ2v) is 8.68. The van der Waals surface area contributed by atoms with Crippen molar-refractivity contribution in [2.24, 2.45) is 5.92 Å². The number of aliphatic hydroxyl groups is 1. The average molecular weight is 424 g/mol. The van der Waals surface area contributed by atoms with Crippen molar-refractivity contribution >= 4 is 22.7 Å². The number of fused-ring (bicyclic) bond motifs is 2. The second-order valence-electron chi connectivity index (χ2n) is 8.68. The first-order chi connectivity index (χ1) is 15.1. The van der Waals surface area contributed by atoms with Crippen molar-refractivity contribution in [1.29, 1.82) is 0 Å². The van der Waals surface area contributed by atoms with Gasteiger partial charge in [-0.1, -0.05) is 0 Å². The van der Waals surface area contributed by atoms with Crippen LogP contribution in [0.4, 0.5) is 11.6 Å². The molecule has 0 aromatic carbocycles. The monoisotopic (exact) mass is 423 g/mol. The lowest BCUT2D eigenvalue weighted by molar-refractivity contribution is 0.166. The van der Waals surface area contributed by atoms with E-state index >= 15 is 0 Å². The average Bonchev–Trinajstić information content (AvgIpc) is 3.22. The van der Waals surface area contributed by atoms with Crippen LogP contribution in [0.3, 0.4) is 0 Å². The Morgan fingerprint density at radius 2 is 2.03 bits per heavy atom. The van der Waals surface area contributed by atoms with Gasteiger partial charge in [0.2, 0.25) is 11.8 Å². The van der Waals surface area contributed by atoms with Gasteiger partial charge in [0.15, 0.2) is 5.65 Å². The molecule has 3 aromatic heterocycles. The molecule has 0 atom stereocenters. The standard InChI is InChI=1S/C22H29N7O2/c1-28-8-7-18-15(12-28)9-19(21(25-18)31-2)26-22-23-10-16-11-24-29(20(16)27-22)17-5-3-14(13-30)4-6-17/h9-11,14,17,30H,3-8,12-13H2,1-2H3,(H,23,26,27). The van der Waals surface area contributed by atoms with Gasteiger partial charge < -0.3 is 20.1 Å². The van der Waals surface area contributed by atoms with Crippen molar-refractivity contribution in [1.82, 2.24) is 29.6 Å². The zero-order chi connectivity index (χ0) is 21.4. The number of ether oxygens (including phenoxy) is 1. The number of nitrogens with zero attached hydrogens (tertiary/aromatic N) is 6. The molecule has 0 unspecified atom stereocenters. The second kappa shape index (κ2) is 8.39. The van der Waals surface area contributed by atoms with E-state index in [9.17, 15) is 5.11 Å². The van der Waals surface area contributed by atoms with Crippen LogP contribution in [0.1, 0.15) is 43.0 Å². The zero-order valence-electron chi connectivity index (χ0n) is 18.1. The molecule has 3 aromatic rings. The number of hydrogen-bond acceptors (Lipinski definition) is 8. The van der Waals surface area contributed by atoms with Crippen LogP contribution in [0.2, 0.25) is 0 Å². The zero-order valence-corrected chi connectivity index (χ0v) is 18.1. The van der Waals surface area contributed by atoms with E-state index in [4.69, 9.17) is 14.7 Å². The van der Waals surface area contributed by atoms with Gasteiger partial charge in [0.25, 0.3) is 0 Å². The van der Waals surface area contributed by atoms with E-state index in [0.29, 0.717) is 23.8 Å². The summed E-state index contributed by atoms with van der Waals surface area (Å²) in [5.74, 6) is 1.47. The topological polar surface area (TPSA) is 101 Å². The van der Waals surface area contributed by atoms with Gasteiger partial charge in [-0.05, 0) is 50.3 Å². The van der Waals surface area contributed by atoms with Crippen LogP contribution >= 0.6 is 0 Å². The maximum atomic E-state index is 9.42. The van der Waals surface area contributed by atoms with Gasteiger partial charge in [0.1, 0.15) is 5.69 Å². The molecule has 1 aliphatic carbocycles. The lowest BCUT2D eigenvalue weighted by atomic mass is 9.87. The van der Waals surface area contributed by atoms with E-state index in [2.05, 4.69) is 33.4 Å². The Kier molecular flexibility index (Phi) is 5.45. The summed E-state index contributed by atoms with van der Waals surface area (Å²) in [6.07, 6.45) is 8.60. The molecule has 164 valence electrons. The molecule has 2 aliphatic rings. The normalized spacial score (nSPS) is 21.8. The van der Waals surface area contributed by atoms with Crippen LogP contribution in [0.25, 0.3) is 11.0 Å². The van der Waals surface area contributed by atoms with Crippen LogP contribution in [0.15, 0.2) is 18.5 Å². The third-order valence-electron chi connectivity index (χ3n) is 6.52. The Labute approximate surface area is 181 Å². The van der Waals surface area contributed by atoms with Gasteiger partial charge in [0.05, 0.1) is 30.4 Å². The van der Waals surface area contributed by atoms with E-state index in [1.54, 1.807) is 13.3 Å². The molecule has 0 saturated heterocycles. The molecule has 4 heterocycles. The lowest BCUT2D eigenvalue weighted by Gasteiger charge is -2.27. The minimum Gasteiger partial charge on any atom is -0.480 e. The molecule has 1 fully saturated rings. The SMILES string of the molecule is COc1nc2c(cc1Nc1ncc3cnn(C4CCC(CO)CC4)c3n1)CN(C)CC2. The van der Waals surface area contributed by atoms with Crippen molar-refractivity contribution in [3.8, 4) is 5.88 Å². The first-order valence-corrected chi connectivity index (χ1v) is 11.0. The molecule has 9 heteroatoms. The van der Waals surface area contributed by atoms with E-state index in [0.717, 1.165) is 67.6 Å². The summed E-state index contributed by atoms with van der Waals surface area (Å²) in [5.41, 5.74) is 3.89. The first-order valence-electron chi connectivity index (χ1n) is 11.0. The van der Waals surface area contributed by atoms with Crippen molar-refractivity contribution < 1.29 is 9.84 Å². The number of aromatic nitrogens is 5. The Balaban J connectivity index is 1.43. The third-order valence-corrected chi connectivity index (χ3v) is 6.52. The van der Waals surface area contributed by atoms with Gasteiger partial charge in [-0.15, -0.1) is 0 Å². The maximum absolute atomic E-state index is 9.42. The van der Waals surface area contributed by atoms with Crippen LogP contribution < -0.4 is 10.1 Å². The number of rotatable bonds is 5. The summed E-state index contributed by atoms with van der Waals surface area (Å²) in [7, 11) is 3.75. The predicted octanol–water partition coefficient (Wildman–Crippen LogP) is 2.69. The molecule has 1 aliphatic heterocycles. The number of aliphatic hydroxyl groups excluding tert-OH is 1. The Hall–Kier alpha value is -2.78. The third kappa shape index (κ3) is 3.95. The molecule has 31 heavy (non-hydrogen) atoms. The van der Waals surface area contributed by atoms with E-state index in [1.807, 2.05) is 10.9 Å². The number of likely N-dealkylation sites (N-methyl/N-ethyl adjacent to an activating group) is 1. The Morgan fingerprint density at radius 1 is 1.19 bits per heavy atom. The minimum atomic E-state index is 0.273. The van der Waals surface area contributed by atoms with Gasteiger partial charge in [-0.3, -0.25) is 0 Å². The predicted molar refractivity (Wildman–Crippen MR) is 118 cm³/mol. The number of anilines is 2. The summed E-state index contributed by atoms with van der Waals surface area (Å²) in [6, 6.07) is 2.40. The fourth-order valence-corrected chi connectivity index (χ4v) is 4.69. The van der Waals surface area contributed by atoms with Crippen LogP contribution in [0, 0.1) is 5.92 Å². The van der Waals surface area contributed by atoms with Crippen LogP contribution in [0.5, 0.6) is 5.88 Å². The van der Waals surface area contributed by atoms with Crippen molar-refractivity contribution in [3.63, 3.8) is 0 Å². The van der Waals surface area contributed by atoms with E-state index < -0.39 is 0 Å². The van der Waals surface area contributed by atoms with E-state index in [-0.39, 0.29) is 6.61 Å². The maximum Gasteiger partial charge on any atom is 0.237 e. The van der Waals surface area contributed by atoms with Crippen molar-refractivity contribution in [2.45, 2.75) is 44.7 Å². The molecular formula is C22H29N7O2. The summed E-state index contributed by atoms with van der Waals surface area (Å²) >= 11 is 0. The highest BCUT2D eigenvalue weighted by atomic mass is 16.5. The van der Waals surface area contributed by atoms with Gasteiger partial charge in [-0.25, -0.2) is 14.6 Å².